The Hall–Kier alpha value is -1.59. The average Bonchev–Trinajstić information content (AvgIpc) is 2.67. The molecule has 0 fully saturated rings. The molecule has 0 aromatic carbocycles. The molecule has 0 saturated heterocycles. The van der Waals surface area contributed by atoms with Crippen LogP contribution in [0.2, 0.25) is 0 Å². The van der Waals surface area contributed by atoms with Crippen LogP contribution in [0, 0.1) is 0 Å². The summed E-state index contributed by atoms with van der Waals surface area (Å²) in [4.78, 5) is 12.5. The van der Waals surface area contributed by atoms with Gasteiger partial charge in [-0.3, -0.25) is 4.90 Å². The van der Waals surface area contributed by atoms with Crippen molar-refractivity contribution in [3.05, 3.63) is 36.3 Å². The number of nitrogens with zero attached hydrogens (tertiary/aromatic N) is 1. The number of aliphatic hydroxyl groups excluding tert-OH is 1. The van der Waals surface area contributed by atoms with Crippen LogP contribution in [0.1, 0.15) is 16.3 Å². The van der Waals surface area contributed by atoms with E-state index in [9.17, 15) is 4.79 Å². The van der Waals surface area contributed by atoms with Gasteiger partial charge in [0.1, 0.15) is 5.76 Å². The third kappa shape index (κ3) is 3.52. The standard InChI is InChI=1S/C11H15NO4/c1-2-5-12(6-7-13)8-9-3-4-10(16-9)11(14)15/h2-4,13H,1,5-8H2,(H,14,15). The number of carbonyl (C=O) groups is 1. The first-order chi connectivity index (χ1) is 7.67. The molecule has 0 atom stereocenters. The van der Waals surface area contributed by atoms with Gasteiger partial charge >= 0.3 is 5.97 Å². The van der Waals surface area contributed by atoms with Crippen LogP contribution in [-0.2, 0) is 6.54 Å². The summed E-state index contributed by atoms with van der Waals surface area (Å²) in [5, 5.41) is 17.5. The molecule has 2 N–H and O–H groups in total. The Morgan fingerprint density at radius 1 is 1.56 bits per heavy atom. The molecule has 0 amide bonds. The van der Waals surface area contributed by atoms with E-state index < -0.39 is 5.97 Å². The second-order valence-electron chi connectivity index (χ2n) is 3.32. The fourth-order valence-corrected chi connectivity index (χ4v) is 1.36. The molecule has 0 saturated carbocycles. The summed E-state index contributed by atoms with van der Waals surface area (Å²) in [6, 6.07) is 3.04. The Morgan fingerprint density at radius 3 is 2.81 bits per heavy atom. The van der Waals surface area contributed by atoms with E-state index in [1.54, 1.807) is 12.1 Å². The van der Waals surface area contributed by atoms with Crippen molar-refractivity contribution in [3.8, 4) is 0 Å². The highest BCUT2D eigenvalue weighted by Gasteiger charge is 2.11. The van der Waals surface area contributed by atoms with Crippen molar-refractivity contribution in [2.24, 2.45) is 0 Å². The minimum Gasteiger partial charge on any atom is -0.475 e. The van der Waals surface area contributed by atoms with E-state index in [0.29, 0.717) is 25.4 Å². The predicted molar refractivity (Wildman–Crippen MR) is 58.2 cm³/mol. The molecule has 1 aromatic rings. The molecular formula is C11H15NO4. The van der Waals surface area contributed by atoms with Crippen LogP contribution >= 0.6 is 0 Å². The summed E-state index contributed by atoms with van der Waals surface area (Å²) < 4.78 is 5.11. The largest absolute Gasteiger partial charge is 0.475 e. The van der Waals surface area contributed by atoms with E-state index in [1.165, 1.54) is 6.07 Å². The van der Waals surface area contributed by atoms with E-state index in [-0.39, 0.29) is 12.4 Å². The monoisotopic (exact) mass is 225 g/mol. The van der Waals surface area contributed by atoms with Crippen molar-refractivity contribution in [1.82, 2.24) is 4.90 Å². The van der Waals surface area contributed by atoms with E-state index >= 15 is 0 Å². The van der Waals surface area contributed by atoms with Gasteiger partial charge in [-0.1, -0.05) is 6.08 Å². The maximum Gasteiger partial charge on any atom is 0.371 e. The maximum atomic E-state index is 10.6. The van der Waals surface area contributed by atoms with Crippen LogP contribution in [0.5, 0.6) is 0 Å². The molecule has 0 aliphatic carbocycles. The van der Waals surface area contributed by atoms with Gasteiger partial charge in [-0.15, -0.1) is 6.58 Å². The minimum absolute atomic E-state index is 0.0420. The van der Waals surface area contributed by atoms with Crippen LogP contribution in [0.25, 0.3) is 0 Å². The number of hydrogen-bond acceptors (Lipinski definition) is 4. The number of hydrogen-bond donors (Lipinski definition) is 2. The lowest BCUT2D eigenvalue weighted by Gasteiger charge is -2.17. The highest BCUT2D eigenvalue weighted by molar-refractivity contribution is 5.84. The summed E-state index contributed by atoms with van der Waals surface area (Å²) in [5.74, 6) is -0.589. The summed E-state index contributed by atoms with van der Waals surface area (Å²) in [6.07, 6.45) is 1.72. The van der Waals surface area contributed by atoms with Gasteiger partial charge in [0.05, 0.1) is 13.2 Å². The van der Waals surface area contributed by atoms with E-state index in [2.05, 4.69) is 6.58 Å². The van der Waals surface area contributed by atoms with E-state index in [4.69, 9.17) is 14.6 Å². The lowest BCUT2D eigenvalue weighted by atomic mass is 10.3. The molecule has 0 aliphatic heterocycles. The molecule has 5 nitrogen and oxygen atoms in total. The molecule has 0 radical (unpaired) electrons. The summed E-state index contributed by atoms with van der Waals surface area (Å²) >= 11 is 0. The van der Waals surface area contributed by atoms with Crippen molar-refractivity contribution in [2.75, 3.05) is 19.7 Å². The third-order valence-corrected chi connectivity index (χ3v) is 2.06. The highest BCUT2D eigenvalue weighted by atomic mass is 16.4. The average molecular weight is 225 g/mol. The number of aromatic carboxylic acids is 1. The van der Waals surface area contributed by atoms with Crippen LogP contribution in [-0.4, -0.2) is 40.8 Å². The summed E-state index contributed by atoms with van der Waals surface area (Å²) in [5.41, 5.74) is 0. The number of furan rings is 1. The van der Waals surface area contributed by atoms with Gasteiger partial charge in [0.15, 0.2) is 0 Å². The zero-order valence-electron chi connectivity index (χ0n) is 8.93. The third-order valence-electron chi connectivity index (χ3n) is 2.06. The fourth-order valence-electron chi connectivity index (χ4n) is 1.36. The minimum atomic E-state index is -1.08. The van der Waals surface area contributed by atoms with Gasteiger partial charge in [-0.25, -0.2) is 4.79 Å². The zero-order chi connectivity index (χ0) is 12.0. The molecule has 88 valence electrons. The van der Waals surface area contributed by atoms with Gasteiger partial charge in [0, 0.05) is 13.1 Å². The van der Waals surface area contributed by atoms with Gasteiger partial charge in [0.2, 0.25) is 5.76 Å². The van der Waals surface area contributed by atoms with Crippen molar-refractivity contribution >= 4 is 5.97 Å². The number of aliphatic hydroxyl groups is 1. The van der Waals surface area contributed by atoms with Crippen LogP contribution in [0.3, 0.4) is 0 Å². The normalized spacial score (nSPS) is 10.6. The Labute approximate surface area is 93.6 Å². The topological polar surface area (TPSA) is 73.9 Å². The van der Waals surface area contributed by atoms with Crippen molar-refractivity contribution < 1.29 is 19.4 Å². The van der Waals surface area contributed by atoms with Crippen LogP contribution in [0.15, 0.2) is 29.2 Å². The zero-order valence-corrected chi connectivity index (χ0v) is 8.93. The lowest BCUT2D eigenvalue weighted by Crippen LogP contribution is -2.26. The lowest BCUT2D eigenvalue weighted by molar-refractivity contribution is 0.0658. The second kappa shape index (κ2) is 6.09. The van der Waals surface area contributed by atoms with Gasteiger partial charge in [0.25, 0.3) is 0 Å². The quantitative estimate of drug-likeness (QED) is 0.676. The molecule has 0 unspecified atom stereocenters. The second-order valence-corrected chi connectivity index (χ2v) is 3.32. The van der Waals surface area contributed by atoms with Crippen LogP contribution in [0.4, 0.5) is 0 Å². The maximum absolute atomic E-state index is 10.6. The summed E-state index contributed by atoms with van der Waals surface area (Å²) in [6.45, 7) is 5.22. The van der Waals surface area contributed by atoms with Gasteiger partial charge in [-0.05, 0) is 12.1 Å². The molecule has 0 spiro atoms. The molecule has 5 heteroatoms. The summed E-state index contributed by atoms with van der Waals surface area (Å²) in [7, 11) is 0. The molecule has 1 heterocycles. The fraction of sp³-hybridized carbons (Fsp3) is 0.364. The highest BCUT2D eigenvalue weighted by Crippen LogP contribution is 2.10. The molecule has 1 rings (SSSR count). The molecule has 1 aromatic heterocycles. The first-order valence-corrected chi connectivity index (χ1v) is 4.93. The van der Waals surface area contributed by atoms with Crippen molar-refractivity contribution in [2.45, 2.75) is 6.54 Å². The first-order valence-electron chi connectivity index (χ1n) is 4.93. The Kier molecular flexibility index (Phi) is 4.75. The number of carboxylic acid groups (broad SMARTS) is 1. The van der Waals surface area contributed by atoms with Gasteiger partial charge in [-0.2, -0.15) is 0 Å². The van der Waals surface area contributed by atoms with Crippen molar-refractivity contribution in [1.29, 1.82) is 0 Å². The number of carboxylic acids is 1. The van der Waals surface area contributed by atoms with E-state index in [1.807, 2.05) is 4.90 Å². The Morgan fingerprint density at radius 2 is 2.31 bits per heavy atom. The van der Waals surface area contributed by atoms with Gasteiger partial charge < -0.3 is 14.6 Å². The predicted octanol–water partition coefficient (Wildman–Crippen LogP) is 0.958. The Bertz CT molecular complexity index is 359. The van der Waals surface area contributed by atoms with Crippen LogP contribution < -0.4 is 0 Å². The molecule has 0 aliphatic rings. The molecular weight excluding hydrogens is 210 g/mol. The van der Waals surface area contributed by atoms with Crippen molar-refractivity contribution in [3.63, 3.8) is 0 Å². The van der Waals surface area contributed by atoms with E-state index in [0.717, 1.165) is 0 Å². The number of rotatable bonds is 7. The Balaban J connectivity index is 2.61. The molecule has 16 heavy (non-hydrogen) atoms. The molecule has 0 bridgehead atoms. The first kappa shape index (κ1) is 12.5. The SMILES string of the molecule is C=CCN(CCO)Cc1ccc(C(=O)O)o1. The smallest absolute Gasteiger partial charge is 0.371 e.